The van der Waals surface area contributed by atoms with Crippen LogP contribution in [-0.4, -0.2) is 9.97 Å². The van der Waals surface area contributed by atoms with Crippen LogP contribution < -0.4 is 5.73 Å². The number of fused-ring (bicyclic) bond motifs is 1. The molecular weight excluding hydrogens is 174 g/mol. The molecule has 0 spiro atoms. The molecule has 2 aliphatic rings. The van der Waals surface area contributed by atoms with Crippen LogP contribution in [0.15, 0.2) is 6.20 Å². The van der Waals surface area contributed by atoms with Gasteiger partial charge in [0.25, 0.3) is 0 Å². The molecule has 14 heavy (non-hydrogen) atoms. The van der Waals surface area contributed by atoms with Crippen molar-refractivity contribution < 1.29 is 0 Å². The first-order valence-corrected chi connectivity index (χ1v) is 5.46. The molecule has 3 rings (SSSR count). The summed E-state index contributed by atoms with van der Waals surface area (Å²) in [6, 6.07) is 0.152. The molecule has 1 atom stereocenters. The largest absolute Gasteiger partial charge is 0.323 e. The summed E-state index contributed by atoms with van der Waals surface area (Å²) in [7, 11) is 0. The minimum absolute atomic E-state index is 0.152. The molecule has 2 N–H and O–H groups in total. The predicted octanol–water partition coefficient (Wildman–Crippen LogP) is 1.69. The van der Waals surface area contributed by atoms with Crippen LogP contribution >= 0.6 is 0 Å². The van der Waals surface area contributed by atoms with Crippen molar-refractivity contribution in [3.63, 3.8) is 0 Å². The van der Waals surface area contributed by atoms with Gasteiger partial charge in [0.1, 0.15) is 5.82 Å². The molecule has 1 heterocycles. The molecule has 1 saturated carbocycles. The molecular formula is C11H15N3. The lowest BCUT2D eigenvalue weighted by atomic mass is 9.93. The lowest BCUT2D eigenvalue weighted by Crippen LogP contribution is -2.20. The Kier molecular flexibility index (Phi) is 1.80. The summed E-state index contributed by atoms with van der Waals surface area (Å²) in [5, 5.41) is 0. The van der Waals surface area contributed by atoms with Crippen LogP contribution in [0, 0.1) is 0 Å². The monoisotopic (exact) mass is 189 g/mol. The zero-order valence-electron chi connectivity index (χ0n) is 8.24. The van der Waals surface area contributed by atoms with Gasteiger partial charge in [0.15, 0.2) is 0 Å². The highest BCUT2D eigenvalue weighted by Gasteiger charge is 2.28. The summed E-state index contributed by atoms with van der Waals surface area (Å²) < 4.78 is 0. The Bertz CT molecular complexity index is 358. The van der Waals surface area contributed by atoms with E-state index in [-0.39, 0.29) is 6.04 Å². The average molecular weight is 189 g/mol. The van der Waals surface area contributed by atoms with Crippen LogP contribution in [0.5, 0.6) is 0 Å². The van der Waals surface area contributed by atoms with Gasteiger partial charge in [-0.25, -0.2) is 9.97 Å². The van der Waals surface area contributed by atoms with Crippen LogP contribution in [-0.2, 0) is 6.42 Å². The molecule has 2 aliphatic carbocycles. The fraction of sp³-hybridized carbons (Fsp3) is 0.636. The van der Waals surface area contributed by atoms with Crippen molar-refractivity contribution >= 4 is 0 Å². The molecule has 1 aromatic heterocycles. The number of nitrogens with zero attached hydrogens (tertiary/aromatic N) is 2. The maximum Gasteiger partial charge on any atom is 0.131 e. The fourth-order valence-corrected chi connectivity index (χ4v) is 2.14. The molecule has 0 aliphatic heterocycles. The Morgan fingerprint density at radius 2 is 2.14 bits per heavy atom. The van der Waals surface area contributed by atoms with Crippen LogP contribution in [0.2, 0.25) is 0 Å². The fourth-order valence-electron chi connectivity index (χ4n) is 2.14. The standard InChI is InChI=1S/C11H15N3/c12-9-3-1-2-8-6-13-11(7-4-5-7)14-10(8)9/h6-7,9H,1-5,12H2. The van der Waals surface area contributed by atoms with Gasteiger partial charge in [-0.1, -0.05) is 0 Å². The molecule has 0 bridgehead atoms. The normalized spacial score (nSPS) is 25.9. The maximum atomic E-state index is 6.05. The van der Waals surface area contributed by atoms with Crippen molar-refractivity contribution in [3.8, 4) is 0 Å². The molecule has 74 valence electrons. The van der Waals surface area contributed by atoms with Gasteiger partial charge in [0.05, 0.1) is 5.69 Å². The first kappa shape index (κ1) is 8.36. The molecule has 3 heteroatoms. The quantitative estimate of drug-likeness (QED) is 0.731. The Morgan fingerprint density at radius 3 is 2.93 bits per heavy atom. The SMILES string of the molecule is NC1CCCc2cnc(C3CC3)nc21. The molecule has 0 aromatic carbocycles. The number of aromatic nitrogens is 2. The molecule has 0 amide bonds. The third kappa shape index (κ3) is 1.32. The highest BCUT2D eigenvalue weighted by molar-refractivity contribution is 5.25. The van der Waals surface area contributed by atoms with Gasteiger partial charge in [-0.2, -0.15) is 0 Å². The average Bonchev–Trinajstić information content (AvgIpc) is 3.01. The van der Waals surface area contributed by atoms with Gasteiger partial charge in [0.2, 0.25) is 0 Å². The van der Waals surface area contributed by atoms with Crippen molar-refractivity contribution in [2.45, 2.75) is 44.1 Å². The minimum Gasteiger partial charge on any atom is -0.323 e. The second-order valence-corrected chi connectivity index (χ2v) is 4.41. The smallest absolute Gasteiger partial charge is 0.131 e. The van der Waals surface area contributed by atoms with E-state index in [2.05, 4.69) is 9.97 Å². The second-order valence-electron chi connectivity index (χ2n) is 4.41. The Balaban J connectivity index is 2.01. The summed E-state index contributed by atoms with van der Waals surface area (Å²) in [5.41, 5.74) is 8.44. The molecule has 0 radical (unpaired) electrons. The molecule has 3 nitrogen and oxygen atoms in total. The summed E-state index contributed by atoms with van der Waals surface area (Å²) in [6.45, 7) is 0. The Morgan fingerprint density at radius 1 is 1.29 bits per heavy atom. The predicted molar refractivity (Wildman–Crippen MR) is 53.9 cm³/mol. The van der Waals surface area contributed by atoms with E-state index in [1.54, 1.807) is 0 Å². The van der Waals surface area contributed by atoms with Gasteiger partial charge >= 0.3 is 0 Å². The Hall–Kier alpha value is -0.960. The van der Waals surface area contributed by atoms with Gasteiger partial charge < -0.3 is 5.73 Å². The van der Waals surface area contributed by atoms with Crippen molar-refractivity contribution in [1.82, 2.24) is 9.97 Å². The van der Waals surface area contributed by atoms with Crippen molar-refractivity contribution in [3.05, 3.63) is 23.3 Å². The summed E-state index contributed by atoms with van der Waals surface area (Å²) >= 11 is 0. The van der Waals surface area contributed by atoms with Crippen LogP contribution in [0.4, 0.5) is 0 Å². The third-order valence-corrected chi connectivity index (χ3v) is 3.17. The lowest BCUT2D eigenvalue weighted by molar-refractivity contribution is 0.546. The van der Waals surface area contributed by atoms with E-state index in [1.165, 1.54) is 24.8 Å². The highest BCUT2D eigenvalue weighted by Crippen LogP contribution is 2.39. The van der Waals surface area contributed by atoms with E-state index < -0.39 is 0 Å². The third-order valence-electron chi connectivity index (χ3n) is 3.17. The van der Waals surface area contributed by atoms with E-state index in [9.17, 15) is 0 Å². The van der Waals surface area contributed by atoms with Crippen molar-refractivity contribution in [2.24, 2.45) is 5.73 Å². The van der Waals surface area contributed by atoms with Gasteiger partial charge in [-0.3, -0.25) is 0 Å². The van der Waals surface area contributed by atoms with E-state index in [4.69, 9.17) is 5.73 Å². The van der Waals surface area contributed by atoms with Crippen LogP contribution in [0.1, 0.15) is 54.7 Å². The molecule has 1 unspecified atom stereocenters. The minimum atomic E-state index is 0.152. The zero-order valence-corrected chi connectivity index (χ0v) is 8.24. The van der Waals surface area contributed by atoms with E-state index in [0.717, 1.165) is 24.4 Å². The maximum absolute atomic E-state index is 6.05. The van der Waals surface area contributed by atoms with E-state index in [1.807, 2.05) is 6.20 Å². The number of rotatable bonds is 1. The number of aryl methyl sites for hydroxylation is 1. The first-order valence-electron chi connectivity index (χ1n) is 5.46. The van der Waals surface area contributed by atoms with E-state index in [0.29, 0.717) is 5.92 Å². The number of hydrogen-bond donors (Lipinski definition) is 1. The Labute approximate surface area is 83.8 Å². The number of nitrogens with two attached hydrogens (primary N) is 1. The van der Waals surface area contributed by atoms with Gasteiger partial charge in [-0.05, 0) is 37.7 Å². The number of hydrogen-bond acceptors (Lipinski definition) is 3. The summed E-state index contributed by atoms with van der Waals surface area (Å²) in [6.07, 6.45) is 7.87. The highest BCUT2D eigenvalue weighted by atomic mass is 14.9. The van der Waals surface area contributed by atoms with Gasteiger partial charge in [0, 0.05) is 18.2 Å². The van der Waals surface area contributed by atoms with Crippen LogP contribution in [0.3, 0.4) is 0 Å². The molecule has 1 aromatic rings. The zero-order chi connectivity index (χ0) is 9.54. The van der Waals surface area contributed by atoms with Crippen molar-refractivity contribution in [2.75, 3.05) is 0 Å². The van der Waals surface area contributed by atoms with Crippen molar-refractivity contribution in [1.29, 1.82) is 0 Å². The molecule has 1 fully saturated rings. The van der Waals surface area contributed by atoms with E-state index >= 15 is 0 Å². The topological polar surface area (TPSA) is 51.8 Å². The van der Waals surface area contributed by atoms with Crippen LogP contribution in [0.25, 0.3) is 0 Å². The first-order chi connectivity index (χ1) is 6.84. The summed E-state index contributed by atoms with van der Waals surface area (Å²) in [4.78, 5) is 9.04. The van der Waals surface area contributed by atoms with Gasteiger partial charge in [-0.15, -0.1) is 0 Å². The second kappa shape index (κ2) is 3.02. The molecule has 0 saturated heterocycles. The summed E-state index contributed by atoms with van der Waals surface area (Å²) in [5.74, 6) is 1.66. The lowest BCUT2D eigenvalue weighted by Gasteiger charge is -2.20.